The highest BCUT2D eigenvalue weighted by atomic mass is 16.5. The molecule has 1 rings (SSSR count). The van der Waals surface area contributed by atoms with E-state index in [2.05, 4.69) is 10.6 Å². The van der Waals surface area contributed by atoms with E-state index in [4.69, 9.17) is 9.47 Å². The van der Waals surface area contributed by atoms with Crippen LogP contribution in [0.1, 0.15) is 0 Å². The first-order chi connectivity index (χ1) is 6.00. The molecule has 0 bridgehead atoms. The molecule has 0 atom stereocenters. The fourth-order valence-corrected chi connectivity index (χ4v) is 0.950. The summed E-state index contributed by atoms with van der Waals surface area (Å²) in [6.07, 6.45) is 0. The van der Waals surface area contributed by atoms with Crippen LogP contribution < -0.4 is 10.6 Å². The molecule has 1 saturated heterocycles. The number of nitrogens with one attached hydrogen (secondary N) is 2. The van der Waals surface area contributed by atoms with Gasteiger partial charge in [-0.05, 0) is 0 Å². The number of hydrogen-bond acceptors (Lipinski definition) is 4. The van der Waals surface area contributed by atoms with Crippen molar-refractivity contribution in [1.29, 1.82) is 0 Å². The monoisotopic (exact) mass is 173 g/mol. The van der Waals surface area contributed by atoms with E-state index >= 15 is 0 Å². The molecule has 1 aliphatic heterocycles. The Morgan fingerprint density at radius 2 is 1.67 bits per heavy atom. The third-order valence-corrected chi connectivity index (χ3v) is 1.59. The maximum atomic E-state index is 5.33. The molecule has 0 aliphatic carbocycles. The molecule has 0 saturated carbocycles. The summed E-state index contributed by atoms with van der Waals surface area (Å²) in [5.74, 6) is 0. The summed E-state index contributed by atoms with van der Waals surface area (Å²) in [5, 5.41) is 6.39. The summed E-state index contributed by atoms with van der Waals surface area (Å²) < 4.78 is 10.5. The predicted molar refractivity (Wildman–Crippen MR) is 46.8 cm³/mol. The van der Waals surface area contributed by atoms with E-state index in [1.165, 1.54) is 0 Å². The predicted octanol–water partition coefficient (Wildman–Crippen LogP) is -0.626. The smallest absolute Gasteiger partial charge is 0.0973 e. The largest absolute Gasteiger partial charge is 0.379 e. The Kier molecular flexibility index (Phi) is 6.19. The summed E-state index contributed by atoms with van der Waals surface area (Å²) in [6.45, 7) is 7.57. The Bertz CT molecular complexity index is 58.0. The molecule has 2 N–H and O–H groups in total. The van der Waals surface area contributed by atoms with Gasteiger partial charge in [0.25, 0.3) is 0 Å². The second-order valence-electron chi connectivity index (χ2n) is 2.60. The molecule has 0 aromatic heterocycles. The zero-order chi connectivity index (χ0) is 8.49. The summed E-state index contributed by atoms with van der Waals surface area (Å²) in [6, 6.07) is 0. The molecule has 4 heteroatoms. The van der Waals surface area contributed by atoms with E-state index in [9.17, 15) is 0 Å². The third-order valence-electron chi connectivity index (χ3n) is 1.59. The first-order valence-electron chi connectivity index (χ1n) is 4.42. The molecule has 1 heterocycles. The number of ether oxygens (including phenoxy) is 2. The van der Waals surface area contributed by atoms with Crippen LogP contribution in [0, 0.1) is 6.61 Å². The Morgan fingerprint density at radius 3 is 2.58 bits per heavy atom. The van der Waals surface area contributed by atoms with Gasteiger partial charge in [-0.25, -0.2) is 0 Å². The number of hydrogen-bond donors (Lipinski definition) is 2. The van der Waals surface area contributed by atoms with Gasteiger partial charge in [-0.2, -0.15) is 0 Å². The molecule has 1 fully saturated rings. The van der Waals surface area contributed by atoms with Gasteiger partial charge >= 0.3 is 0 Å². The van der Waals surface area contributed by atoms with Crippen LogP contribution in [0.4, 0.5) is 0 Å². The van der Waals surface area contributed by atoms with Crippen molar-refractivity contribution in [2.24, 2.45) is 0 Å². The van der Waals surface area contributed by atoms with Crippen molar-refractivity contribution in [2.75, 3.05) is 46.0 Å². The van der Waals surface area contributed by atoms with Crippen LogP contribution in [0.5, 0.6) is 0 Å². The molecular formula is C8H17N2O2. The van der Waals surface area contributed by atoms with Gasteiger partial charge in [0.1, 0.15) is 0 Å². The zero-order valence-corrected chi connectivity index (χ0v) is 7.34. The topological polar surface area (TPSA) is 42.5 Å². The van der Waals surface area contributed by atoms with Gasteiger partial charge in [0.15, 0.2) is 0 Å². The van der Waals surface area contributed by atoms with E-state index in [-0.39, 0.29) is 0 Å². The highest BCUT2D eigenvalue weighted by Gasteiger charge is 1.94. The summed E-state index contributed by atoms with van der Waals surface area (Å²) in [7, 11) is 0. The zero-order valence-electron chi connectivity index (χ0n) is 7.34. The van der Waals surface area contributed by atoms with E-state index in [0.717, 1.165) is 46.0 Å². The van der Waals surface area contributed by atoms with Crippen LogP contribution in [-0.4, -0.2) is 46.0 Å². The van der Waals surface area contributed by atoms with Crippen molar-refractivity contribution in [3.05, 3.63) is 6.61 Å². The second kappa shape index (κ2) is 7.49. The van der Waals surface area contributed by atoms with Gasteiger partial charge in [-0.3, -0.25) is 0 Å². The second-order valence-corrected chi connectivity index (χ2v) is 2.60. The van der Waals surface area contributed by atoms with Crippen molar-refractivity contribution < 1.29 is 9.47 Å². The van der Waals surface area contributed by atoms with Gasteiger partial charge in [0, 0.05) is 26.2 Å². The Balaban J connectivity index is 2.00. The maximum absolute atomic E-state index is 5.33. The summed E-state index contributed by atoms with van der Waals surface area (Å²) >= 11 is 0. The first-order valence-corrected chi connectivity index (χ1v) is 4.42. The normalized spacial score (nSPS) is 24.0. The van der Waals surface area contributed by atoms with Gasteiger partial charge in [0.05, 0.1) is 26.4 Å². The molecule has 0 aromatic rings. The lowest BCUT2D eigenvalue weighted by molar-refractivity contribution is 0.127. The molecule has 0 unspecified atom stereocenters. The lowest BCUT2D eigenvalue weighted by Gasteiger charge is -2.10. The van der Waals surface area contributed by atoms with Gasteiger partial charge in [-0.1, -0.05) is 0 Å². The highest BCUT2D eigenvalue weighted by molar-refractivity contribution is 4.57. The lowest BCUT2D eigenvalue weighted by Crippen LogP contribution is -2.28. The van der Waals surface area contributed by atoms with Crippen molar-refractivity contribution >= 4 is 0 Å². The van der Waals surface area contributed by atoms with Gasteiger partial charge in [0.2, 0.25) is 0 Å². The van der Waals surface area contributed by atoms with Crippen molar-refractivity contribution in [1.82, 2.24) is 10.6 Å². The van der Waals surface area contributed by atoms with Crippen molar-refractivity contribution in [2.45, 2.75) is 0 Å². The SMILES string of the molecule is [CH]1CNCCOCCNCCO1. The Labute approximate surface area is 73.6 Å². The van der Waals surface area contributed by atoms with E-state index in [1.54, 1.807) is 6.61 Å². The average molecular weight is 173 g/mol. The minimum atomic E-state index is 0.738. The van der Waals surface area contributed by atoms with Crippen LogP contribution in [-0.2, 0) is 9.47 Å². The Morgan fingerprint density at radius 1 is 0.917 bits per heavy atom. The van der Waals surface area contributed by atoms with Crippen LogP contribution >= 0.6 is 0 Å². The molecule has 71 valence electrons. The fraction of sp³-hybridized carbons (Fsp3) is 0.875. The van der Waals surface area contributed by atoms with Crippen LogP contribution in [0.15, 0.2) is 0 Å². The average Bonchev–Trinajstić information content (AvgIpc) is 2.05. The van der Waals surface area contributed by atoms with Crippen LogP contribution in [0.2, 0.25) is 0 Å². The third kappa shape index (κ3) is 5.49. The summed E-state index contributed by atoms with van der Waals surface area (Å²) in [4.78, 5) is 0. The van der Waals surface area contributed by atoms with Gasteiger partial charge < -0.3 is 20.1 Å². The molecule has 0 aromatic carbocycles. The maximum Gasteiger partial charge on any atom is 0.0973 e. The lowest BCUT2D eigenvalue weighted by atomic mass is 10.5. The number of rotatable bonds is 0. The van der Waals surface area contributed by atoms with E-state index in [0.29, 0.717) is 0 Å². The van der Waals surface area contributed by atoms with Crippen molar-refractivity contribution in [3.63, 3.8) is 0 Å². The molecule has 1 radical (unpaired) electrons. The molecule has 1 aliphatic rings. The quantitative estimate of drug-likeness (QED) is 0.512. The Hall–Kier alpha value is -0.160. The van der Waals surface area contributed by atoms with Gasteiger partial charge in [-0.15, -0.1) is 0 Å². The fourth-order valence-electron chi connectivity index (χ4n) is 0.950. The molecule has 4 nitrogen and oxygen atoms in total. The van der Waals surface area contributed by atoms with Crippen LogP contribution in [0.25, 0.3) is 0 Å². The standard InChI is InChI=1S/C8H17N2O2/c1-5-11-7-3-10-4-8-12-6-2-9-1/h5,9-10H,1-4,6-8H2. The minimum absolute atomic E-state index is 0.738. The van der Waals surface area contributed by atoms with E-state index in [1.807, 2.05) is 0 Å². The van der Waals surface area contributed by atoms with E-state index < -0.39 is 0 Å². The molecular weight excluding hydrogens is 156 g/mol. The van der Waals surface area contributed by atoms with Crippen LogP contribution in [0.3, 0.4) is 0 Å². The van der Waals surface area contributed by atoms with Crippen molar-refractivity contribution in [3.8, 4) is 0 Å². The summed E-state index contributed by atoms with van der Waals surface area (Å²) in [5.41, 5.74) is 0. The minimum Gasteiger partial charge on any atom is -0.379 e. The molecule has 0 amide bonds. The molecule has 0 spiro atoms. The molecule has 12 heavy (non-hydrogen) atoms. The highest BCUT2D eigenvalue weighted by Crippen LogP contribution is 1.81. The first kappa shape index (κ1) is 9.92.